The lowest BCUT2D eigenvalue weighted by atomic mass is 10.1. The first-order chi connectivity index (χ1) is 7.28. The van der Waals surface area contributed by atoms with Crippen molar-refractivity contribution in [3.8, 4) is 0 Å². The number of aliphatic hydroxyl groups is 1. The molecule has 90 valence electrons. The minimum atomic E-state index is -1.11. The predicted octanol–water partition coefficient (Wildman–Crippen LogP) is 0.575. The molecular formula is C10H16N2O4. The second-order valence-corrected chi connectivity index (χ2v) is 4.47. The van der Waals surface area contributed by atoms with Gasteiger partial charge in [0.1, 0.15) is 0 Å². The Kier molecular flexibility index (Phi) is 3.66. The second kappa shape index (κ2) is 4.63. The molecule has 16 heavy (non-hydrogen) atoms. The molecule has 0 atom stereocenters. The SMILES string of the molecule is CN(Cc1cc(C(=O)O)no1)CC(C)(C)O. The van der Waals surface area contributed by atoms with Crippen LogP contribution in [-0.2, 0) is 6.54 Å². The smallest absolute Gasteiger partial charge is 0.358 e. The van der Waals surface area contributed by atoms with Gasteiger partial charge < -0.3 is 14.7 Å². The molecule has 0 aliphatic carbocycles. The molecule has 0 saturated carbocycles. The van der Waals surface area contributed by atoms with Gasteiger partial charge in [0.2, 0.25) is 0 Å². The van der Waals surface area contributed by atoms with Gasteiger partial charge in [0.25, 0.3) is 0 Å². The van der Waals surface area contributed by atoms with Gasteiger partial charge in [0, 0.05) is 12.6 Å². The van der Waals surface area contributed by atoms with Crippen molar-refractivity contribution >= 4 is 5.97 Å². The third-order valence-corrected chi connectivity index (χ3v) is 1.86. The van der Waals surface area contributed by atoms with Crippen molar-refractivity contribution in [1.29, 1.82) is 0 Å². The van der Waals surface area contributed by atoms with Crippen molar-refractivity contribution in [2.75, 3.05) is 13.6 Å². The Morgan fingerprint density at radius 3 is 2.69 bits per heavy atom. The van der Waals surface area contributed by atoms with E-state index in [4.69, 9.17) is 9.63 Å². The summed E-state index contributed by atoms with van der Waals surface area (Å²) in [4.78, 5) is 12.4. The van der Waals surface area contributed by atoms with E-state index in [-0.39, 0.29) is 5.69 Å². The van der Waals surface area contributed by atoms with Crippen LogP contribution in [0, 0.1) is 0 Å². The maximum absolute atomic E-state index is 10.6. The number of aromatic carboxylic acids is 1. The zero-order valence-corrected chi connectivity index (χ0v) is 9.60. The van der Waals surface area contributed by atoms with E-state index in [9.17, 15) is 9.90 Å². The monoisotopic (exact) mass is 228 g/mol. The molecule has 0 saturated heterocycles. The molecule has 2 N–H and O–H groups in total. The maximum atomic E-state index is 10.6. The number of carboxylic acids is 1. The molecule has 1 heterocycles. The first-order valence-electron chi connectivity index (χ1n) is 4.88. The molecule has 0 spiro atoms. The minimum absolute atomic E-state index is 0.105. The molecule has 0 aromatic carbocycles. The third kappa shape index (κ3) is 4.00. The summed E-state index contributed by atoms with van der Waals surface area (Å²) >= 11 is 0. The molecule has 1 rings (SSSR count). The van der Waals surface area contributed by atoms with Crippen molar-refractivity contribution in [3.05, 3.63) is 17.5 Å². The number of hydrogen-bond acceptors (Lipinski definition) is 5. The Bertz CT molecular complexity index is 367. The summed E-state index contributed by atoms with van der Waals surface area (Å²) in [6.45, 7) is 4.26. The normalized spacial score (nSPS) is 12.1. The van der Waals surface area contributed by atoms with Crippen LogP contribution in [0.5, 0.6) is 0 Å². The summed E-state index contributed by atoms with van der Waals surface area (Å²) in [7, 11) is 1.81. The van der Waals surface area contributed by atoms with Gasteiger partial charge in [0.05, 0.1) is 12.1 Å². The topological polar surface area (TPSA) is 86.8 Å². The lowest BCUT2D eigenvalue weighted by molar-refractivity contribution is 0.0402. The van der Waals surface area contributed by atoms with E-state index in [1.165, 1.54) is 6.07 Å². The van der Waals surface area contributed by atoms with Gasteiger partial charge in [-0.3, -0.25) is 4.90 Å². The average molecular weight is 228 g/mol. The summed E-state index contributed by atoms with van der Waals surface area (Å²) in [5.41, 5.74) is -0.906. The summed E-state index contributed by atoms with van der Waals surface area (Å²) in [5.74, 6) is -0.649. The number of nitrogens with zero attached hydrogens (tertiary/aromatic N) is 2. The first-order valence-corrected chi connectivity index (χ1v) is 4.88. The van der Waals surface area contributed by atoms with E-state index in [0.717, 1.165) is 0 Å². The molecular weight excluding hydrogens is 212 g/mol. The molecule has 0 fully saturated rings. The highest BCUT2D eigenvalue weighted by Crippen LogP contribution is 2.09. The van der Waals surface area contributed by atoms with Crippen LogP contribution in [0.3, 0.4) is 0 Å². The molecule has 0 aliphatic heterocycles. The van der Waals surface area contributed by atoms with Crippen LogP contribution in [0.25, 0.3) is 0 Å². The second-order valence-electron chi connectivity index (χ2n) is 4.47. The van der Waals surface area contributed by atoms with Gasteiger partial charge in [0.15, 0.2) is 11.5 Å². The fraction of sp³-hybridized carbons (Fsp3) is 0.600. The number of hydrogen-bond donors (Lipinski definition) is 2. The molecule has 1 aromatic rings. The molecule has 0 unspecified atom stereocenters. The van der Waals surface area contributed by atoms with E-state index in [1.807, 2.05) is 4.90 Å². The van der Waals surface area contributed by atoms with Crippen molar-refractivity contribution in [1.82, 2.24) is 10.1 Å². The number of rotatable bonds is 5. The Labute approximate surface area is 93.5 Å². The van der Waals surface area contributed by atoms with E-state index in [0.29, 0.717) is 18.8 Å². The van der Waals surface area contributed by atoms with Crippen LogP contribution in [0.1, 0.15) is 30.1 Å². The maximum Gasteiger partial charge on any atom is 0.358 e. The molecule has 6 nitrogen and oxygen atoms in total. The van der Waals surface area contributed by atoms with Crippen LogP contribution >= 0.6 is 0 Å². The highest BCUT2D eigenvalue weighted by atomic mass is 16.5. The molecule has 0 bridgehead atoms. The summed E-state index contributed by atoms with van der Waals surface area (Å²) < 4.78 is 4.86. The largest absolute Gasteiger partial charge is 0.476 e. The van der Waals surface area contributed by atoms with E-state index >= 15 is 0 Å². The molecule has 1 aromatic heterocycles. The predicted molar refractivity (Wildman–Crippen MR) is 56.1 cm³/mol. The molecule has 0 radical (unpaired) electrons. The van der Waals surface area contributed by atoms with Gasteiger partial charge in [-0.25, -0.2) is 4.79 Å². The van der Waals surface area contributed by atoms with Crippen molar-refractivity contribution in [2.45, 2.75) is 26.0 Å². The lowest BCUT2D eigenvalue weighted by Crippen LogP contribution is -2.35. The number of carbonyl (C=O) groups is 1. The number of aromatic nitrogens is 1. The van der Waals surface area contributed by atoms with Gasteiger partial charge in [-0.15, -0.1) is 0 Å². The highest BCUT2D eigenvalue weighted by molar-refractivity contribution is 5.85. The number of carboxylic acid groups (broad SMARTS) is 1. The number of likely N-dealkylation sites (N-methyl/N-ethyl adjacent to an activating group) is 1. The van der Waals surface area contributed by atoms with Crippen LogP contribution < -0.4 is 0 Å². The van der Waals surface area contributed by atoms with Crippen LogP contribution in [0.2, 0.25) is 0 Å². The Morgan fingerprint density at radius 1 is 1.62 bits per heavy atom. The molecule has 0 amide bonds. The van der Waals surface area contributed by atoms with Gasteiger partial charge in [-0.2, -0.15) is 0 Å². The fourth-order valence-electron chi connectivity index (χ4n) is 1.47. The third-order valence-electron chi connectivity index (χ3n) is 1.86. The lowest BCUT2D eigenvalue weighted by Gasteiger charge is -2.24. The van der Waals surface area contributed by atoms with Gasteiger partial charge in [-0.1, -0.05) is 5.16 Å². The van der Waals surface area contributed by atoms with Crippen molar-refractivity contribution in [2.24, 2.45) is 0 Å². The zero-order chi connectivity index (χ0) is 12.3. The van der Waals surface area contributed by atoms with Crippen molar-refractivity contribution < 1.29 is 19.5 Å². The summed E-state index contributed by atoms with van der Waals surface area (Å²) in [6, 6.07) is 1.38. The van der Waals surface area contributed by atoms with E-state index < -0.39 is 11.6 Å². The van der Waals surface area contributed by atoms with E-state index in [2.05, 4.69) is 5.16 Å². The molecule has 6 heteroatoms. The van der Waals surface area contributed by atoms with Crippen LogP contribution in [0.4, 0.5) is 0 Å². The van der Waals surface area contributed by atoms with Gasteiger partial charge in [-0.05, 0) is 20.9 Å². The zero-order valence-electron chi connectivity index (χ0n) is 9.60. The quantitative estimate of drug-likeness (QED) is 0.766. The Balaban J connectivity index is 2.56. The van der Waals surface area contributed by atoms with Gasteiger partial charge >= 0.3 is 5.97 Å². The highest BCUT2D eigenvalue weighted by Gasteiger charge is 2.17. The first kappa shape index (κ1) is 12.7. The van der Waals surface area contributed by atoms with Crippen LogP contribution in [-0.4, -0.2) is 45.4 Å². The fourth-order valence-corrected chi connectivity index (χ4v) is 1.47. The standard InChI is InChI=1S/C10H16N2O4/c1-10(2,15)6-12(3)5-7-4-8(9(13)14)11-16-7/h4,15H,5-6H2,1-3H3,(H,13,14). The Hall–Kier alpha value is -1.40. The molecule has 0 aliphatic rings. The van der Waals surface area contributed by atoms with Crippen molar-refractivity contribution in [3.63, 3.8) is 0 Å². The summed E-state index contributed by atoms with van der Waals surface area (Å²) in [6.07, 6.45) is 0. The average Bonchev–Trinajstić information content (AvgIpc) is 2.48. The summed E-state index contributed by atoms with van der Waals surface area (Å²) in [5, 5.41) is 21.6. The van der Waals surface area contributed by atoms with Crippen LogP contribution in [0.15, 0.2) is 10.6 Å². The minimum Gasteiger partial charge on any atom is -0.476 e. The van der Waals surface area contributed by atoms with E-state index in [1.54, 1.807) is 20.9 Å². The Morgan fingerprint density at radius 2 is 2.25 bits per heavy atom.